The summed E-state index contributed by atoms with van der Waals surface area (Å²) in [5.41, 5.74) is 2.82. The maximum atomic E-state index is 13.0. The van der Waals surface area contributed by atoms with Crippen molar-refractivity contribution in [2.24, 2.45) is 0 Å². The largest absolute Gasteiger partial charge is 0.283 e. The number of halogens is 1. The molecule has 2 aromatic carbocycles. The van der Waals surface area contributed by atoms with Crippen LogP contribution in [-0.2, 0) is 26.5 Å². The fourth-order valence-electron chi connectivity index (χ4n) is 2.92. The molecule has 0 radical (unpaired) electrons. The SMILES string of the molecule is Cc1ccc(S(=O)(=O)N2CCCc3cc(NS(=O)(=O)CBr)ccc32)cc1. The van der Waals surface area contributed by atoms with Gasteiger partial charge in [-0.15, -0.1) is 0 Å². The highest BCUT2D eigenvalue weighted by molar-refractivity contribution is 9.10. The summed E-state index contributed by atoms with van der Waals surface area (Å²) in [6.45, 7) is 2.30. The number of rotatable bonds is 5. The highest BCUT2D eigenvalue weighted by atomic mass is 79.9. The lowest BCUT2D eigenvalue weighted by molar-refractivity contribution is 0.586. The summed E-state index contributed by atoms with van der Waals surface area (Å²) in [5.74, 6) is 0. The molecule has 26 heavy (non-hydrogen) atoms. The molecule has 0 fully saturated rings. The minimum absolute atomic E-state index is 0.203. The molecular weight excluding hydrogens is 440 g/mol. The van der Waals surface area contributed by atoms with Gasteiger partial charge in [-0.1, -0.05) is 33.6 Å². The molecule has 0 atom stereocenters. The fraction of sp³-hybridized carbons (Fsp3) is 0.294. The van der Waals surface area contributed by atoms with E-state index in [1.54, 1.807) is 42.5 Å². The van der Waals surface area contributed by atoms with E-state index in [2.05, 4.69) is 20.7 Å². The molecule has 0 bridgehead atoms. The van der Waals surface area contributed by atoms with E-state index in [-0.39, 0.29) is 9.56 Å². The lowest BCUT2D eigenvalue weighted by Crippen LogP contribution is -2.35. The molecule has 0 unspecified atom stereocenters. The van der Waals surface area contributed by atoms with Crippen LogP contribution in [0, 0.1) is 6.92 Å². The number of sulfonamides is 2. The number of fused-ring (bicyclic) bond motifs is 1. The van der Waals surface area contributed by atoms with Gasteiger partial charge >= 0.3 is 0 Å². The third-order valence-electron chi connectivity index (χ3n) is 4.18. The summed E-state index contributed by atoms with van der Waals surface area (Å²) >= 11 is 2.93. The normalized spacial score (nSPS) is 14.8. The zero-order chi connectivity index (χ0) is 18.9. The van der Waals surface area contributed by atoms with E-state index in [0.717, 1.165) is 11.1 Å². The van der Waals surface area contributed by atoms with Crippen LogP contribution in [0.4, 0.5) is 11.4 Å². The van der Waals surface area contributed by atoms with Crippen LogP contribution in [0.25, 0.3) is 0 Å². The number of alkyl halides is 1. The van der Waals surface area contributed by atoms with Gasteiger partial charge in [0.1, 0.15) is 4.66 Å². The first-order valence-electron chi connectivity index (χ1n) is 8.02. The molecule has 1 aliphatic rings. The van der Waals surface area contributed by atoms with E-state index < -0.39 is 20.0 Å². The van der Waals surface area contributed by atoms with Crippen molar-refractivity contribution in [3.8, 4) is 0 Å². The molecule has 0 saturated heterocycles. The van der Waals surface area contributed by atoms with E-state index in [0.29, 0.717) is 30.8 Å². The Kier molecular flexibility index (Phi) is 5.32. The van der Waals surface area contributed by atoms with Gasteiger partial charge in [0.2, 0.25) is 10.0 Å². The number of benzene rings is 2. The van der Waals surface area contributed by atoms with Gasteiger partial charge < -0.3 is 0 Å². The number of hydrogen-bond donors (Lipinski definition) is 1. The van der Waals surface area contributed by atoms with Crippen molar-refractivity contribution in [2.45, 2.75) is 24.7 Å². The fourth-order valence-corrected chi connectivity index (χ4v) is 5.35. The lowest BCUT2D eigenvalue weighted by atomic mass is 10.0. The van der Waals surface area contributed by atoms with Crippen molar-refractivity contribution in [2.75, 3.05) is 20.2 Å². The van der Waals surface area contributed by atoms with Crippen molar-refractivity contribution in [3.05, 3.63) is 53.6 Å². The van der Waals surface area contributed by atoms with Crippen molar-refractivity contribution < 1.29 is 16.8 Å². The van der Waals surface area contributed by atoms with Crippen molar-refractivity contribution in [1.82, 2.24) is 0 Å². The number of nitrogens with one attached hydrogen (secondary N) is 1. The Bertz CT molecular complexity index is 1020. The average molecular weight is 459 g/mol. The minimum Gasteiger partial charge on any atom is -0.283 e. The van der Waals surface area contributed by atoms with Crippen molar-refractivity contribution >= 4 is 47.4 Å². The lowest BCUT2D eigenvalue weighted by Gasteiger charge is -2.31. The summed E-state index contributed by atoms with van der Waals surface area (Å²) in [7, 11) is -7.11. The zero-order valence-corrected chi connectivity index (χ0v) is 17.4. The quantitative estimate of drug-likeness (QED) is 0.696. The summed E-state index contributed by atoms with van der Waals surface area (Å²) in [6.07, 6.45) is 1.37. The van der Waals surface area contributed by atoms with Gasteiger partial charge in [0, 0.05) is 12.2 Å². The summed E-state index contributed by atoms with van der Waals surface area (Å²) in [6, 6.07) is 11.7. The van der Waals surface area contributed by atoms with Crippen LogP contribution >= 0.6 is 15.9 Å². The van der Waals surface area contributed by atoms with Gasteiger partial charge in [0.05, 0.1) is 10.6 Å². The summed E-state index contributed by atoms with van der Waals surface area (Å²) in [5, 5.41) is 0. The van der Waals surface area contributed by atoms with E-state index in [1.807, 2.05) is 6.92 Å². The molecule has 6 nitrogen and oxygen atoms in total. The molecule has 1 aliphatic heterocycles. The van der Waals surface area contributed by atoms with Crippen LogP contribution in [0.5, 0.6) is 0 Å². The second kappa shape index (κ2) is 7.21. The van der Waals surface area contributed by atoms with Gasteiger partial charge in [-0.2, -0.15) is 0 Å². The molecule has 3 rings (SSSR count). The molecule has 0 amide bonds. The minimum atomic E-state index is -3.66. The zero-order valence-electron chi connectivity index (χ0n) is 14.1. The van der Waals surface area contributed by atoms with E-state index in [1.165, 1.54) is 4.31 Å². The van der Waals surface area contributed by atoms with Crippen LogP contribution in [0.3, 0.4) is 0 Å². The van der Waals surface area contributed by atoms with Crippen LogP contribution in [0.1, 0.15) is 17.5 Å². The highest BCUT2D eigenvalue weighted by Gasteiger charge is 2.29. The van der Waals surface area contributed by atoms with Gasteiger partial charge in [0.25, 0.3) is 10.0 Å². The van der Waals surface area contributed by atoms with Crippen LogP contribution in [-0.4, -0.2) is 28.0 Å². The molecule has 0 saturated carbocycles. The smallest absolute Gasteiger partial charge is 0.264 e. The number of nitrogens with zero attached hydrogens (tertiary/aromatic N) is 1. The van der Waals surface area contributed by atoms with Gasteiger partial charge in [0.15, 0.2) is 0 Å². The Labute approximate surface area is 162 Å². The molecule has 9 heteroatoms. The van der Waals surface area contributed by atoms with Gasteiger partial charge in [-0.3, -0.25) is 9.03 Å². The molecule has 2 aromatic rings. The van der Waals surface area contributed by atoms with Crippen molar-refractivity contribution in [3.63, 3.8) is 0 Å². The molecule has 1 heterocycles. The molecule has 0 aromatic heterocycles. The first-order valence-corrected chi connectivity index (χ1v) is 12.2. The summed E-state index contributed by atoms with van der Waals surface area (Å²) in [4.78, 5) is 0.250. The molecular formula is C17H19BrN2O4S2. The molecule has 0 aliphatic carbocycles. The third kappa shape index (κ3) is 3.89. The topological polar surface area (TPSA) is 83.6 Å². The number of anilines is 2. The first kappa shape index (κ1) is 19.2. The predicted octanol–water partition coefficient (Wildman–Crippen LogP) is 3.23. The van der Waals surface area contributed by atoms with E-state index in [4.69, 9.17) is 0 Å². The Morgan fingerprint density at radius 2 is 1.77 bits per heavy atom. The number of aryl methyl sites for hydroxylation is 2. The second-order valence-corrected chi connectivity index (χ2v) is 11.1. The molecule has 0 spiro atoms. The monoisotopic (exact) mass is 458 g/mol. The van der Waals surface area contributed by atoms with Crippen molar-refractivity contribution in [1.29, 1.82) is 0 Å². The van der Waals surface area contributed by atoms with Crippen LogP contribution in [0.2, 0.25) is 0 Å². The van der Waals surface area contributed by atoms with Gasteiger partial charge in [-0.25, -0.2) is 16.8 Å². The second-order valence-electron chi connectivity index (χ2n) is 6.16. The summed E-state index contributed by atoms with van der Waals surface area (Å²) < 4.78 is 53.1. The Morgan fingerprint density at radius 3 is 2.42 bits per heavy atom. The standard InChI is InChI=1S/C17H19BrN2O4S2/c1-13-4-7-16(8-5-13)26(23,24)20-10-2-3-14-11-15(6-9-17(14)20)19-25(21,22)12-18/h4-9,11,19H,2-3,10,12H2,1H3. The van der Waals surface area contributed by atoms with Gasteiger partial charge in [-0.05, 0) is 55.7 Å². The number of hydrogen-bond acceptors (Lipinski definition) is 4. The molecule has 140 valence electrons. The van der Waals surface area contributed by atoms with Crippen LogP contribution < -0.4 is 9.03 Å². The third-order valence-corrected chi connectivity index (χ3v) is 8.65. The average Bonchev–Trinajstić information content (AvgIpc) is 2.61. The van der Waals surface area contributed by atoms with Crippen LogP contribution in [0.15, 0.2) is 47.4 Å². The van der Waals surface area contributed by atoms with E-state index >= 15 is 0 Å². The maximum Gasteiger partial charge on any atom is 0.264 e. The van der Waals surface area contributed by atoms with E-state index in [9.17, 15) is 16.8 Å². The molecule has 1 N–H and O–H groups in total. The maximum absolute atomic E-state index is 13.0. The Morgan fingerprint density at radius 1 is 1.08 bits per heavy atom. The first-order chi connectivity index (χ1) is 12.2. The Hall–Kier alpha value is -1.58. The highest BCUT2D eigenvalue weighted by Crippen LogP contribution is 2.34. The predicted molar refractivity (Wildman–Crippen MR) is 107 cm³/mol. The Balaban J connectivity index is 1.97.